The Hall–Kier alpha value is -1.02. The molecule has 0 saturated carbocycles. The first-order valence-corrected chi connectivity index (χ1v) is 5.09. The van der Waals surface area contributed by atoms with Gasteiger partial charge < -0.3 is 5.32 Å². The Bertz CT molecular complexity index is 325. The quantitative estimate of drug-likeness (QED) is 0.766. The fourth-order valence-electron chi connectivity index (χ4n) is 1.33. The number of alkyl halides is 1. The van der Waals surface area contributed by atoms with Gasteiger partial charge in [0.05, 0.1) is 6.04 Å². The van der Waals surface area contributed by atoms with Crippen LogP contribution in [0.25, 0.3) is 0 Å². The van der Waals surface area contributed by atoms with E-state index in [-0.39, 0.29) is 11.9 Å². The summed E-state index contributed by atoms with van der Waals surface area (Å²) in [6, 6.07) is 7.95. The van der Waals surface area contributed by atoms with E-state index >= 15 is 0 Å². The van der Waals surface area contributed by atoms with Crippen LogP contribution >= 0.6 is 11.6 Å². The SMILES string of the molecule is CC(=O)N[C@@H](C)c1cccc(CCl)c1. The van der Waals surface area contributed by atoms with Crippen molar-refractivity contribution in [3.8, 4) is 0 Å². The fraction of sp³-hybridized carbons (Fsp3) is 0.364. The lowest BCUT2D eigenvalue weighted by Gasteiger charge is -2.13. The highest BCUT2D eigenvalue weighted by molar-refractivity contribution is 6.17. The molecule has 14 heavy (non-hydrogen) atoms. The molecule has 0 spiro atoms. The smallest absolute Gasteiger partial charge is 0.217 e. The number of benzene rings is 1. The maximum atomic E-state index is 10.8. The second-order valence-electron chi connectivity index (χ2n) is 3.30. The maximum absolute atomic E-state index is 10.8. The summed E-state index contributed by atoms with van der Waals surface area (Å²) in [6.07, 6.45) is 0. The number of carbonyl (C=O) groups is 1. The third-order valence-electron chi connectivity index (χ3n) is 2.03. The fourth-order valence-corrected chi connectivity index (χ4v) is 1.50. The predicted molar refractivity (Wildman–Crippen MR) is 58.2 cm³/mol. The summed E-state index contributed by atoms with van der Waals surface area (Å²) in [6.45, 7) is 3.47. The van der Waals surface area contributed by atoms with E-state index in [1.54, 1.807) is 0 Å². The van der Waals surface area contributed by atoms with Crippen LogP contribution in [0.2, 0.25) is 0 Å². The van der Waals surface area contributed by atoms with Crippen LogP contribution in [0.1, 0.15) is 31.0 Å². The molecule has 0 aliphatic carbocycles. The molecular formula is C11H14ClNO. The van der Waals surface area contributed by atoms with E-state index in [2.05, 4.69) is 5.32 Å². The minimum Gasteiger partial charge on any atom is -0.350 e. The Balaban J connectivity index is 2.78. The van der Waals surface area contributed by atoms with Gasteiger partial charge in [0, 0.05) is 12.8 Å². The van der Waals surface area contributed by atoms with Gasteiger partial charge >= 0.3 is 0 Å². The molecule has 0 aliphatic rings. The van der Waals surface area contributed by atoms with E-state index in [9.17, 15) is 4.79 Å². The molecule has 1 rings (SSSR count). The second kappa shape index (κ2) is 5.01. The van der Waals surface area contributed by atoms with Gasteiger partial charge in [0.15, 0.2) is 0 Å². The average Bonchev–Trinajstić information content (AvgIpc) is 2.17. The highest BCUT2D eigenvalue weighted by Crippen LogP contribution is 2.15. The van der Waals surface area contributed by atoms with E-state index in [4.69, 9.17) is 11.6 Å². The summed E-state index contributed by atoms with van der Waals surface area (Å²) in [4.78, 5) is 10.8. The summed E-state index contributed by atoms with van der Waals surface area (Å²) >= 11 is 5.72. The standard InChI is InChI=1S/C11H14ClNO/c1-8(13-9(2)14)11-5-3-4-10(6-11)7-12/h3-6,8H,7H2,1-2H3,(H,13,14)/t8-/m0/s1. The summed E-state index contributed by atoms with van der Waals surface area (Å²) < 4.78 is 0. The van der Waals surface area contributed by atoms with E-state index in [1.165, 1.54) is 6.92 Å². The van der Waals surface area contributed by atoms with E-state index in [1.807, 2.05) is 31.2 Å². The van der Waals surface area contributed by atoms with E-state index in [0.717, 1.165) is 11.1 Å². The second-order valence-corrected chi connectivity index (χ2v) is 3.57. The highest BCUT2D eigenvalue weighted by Gasteiger charge is 2.06. The van der Waals surface area contributed by atoms with E-state index < -0.39 is 0 Å². The van der Waals surface area contributed by atoms with Crippen molar-refractivity contribution < 1.29 is 4.79 Å². The van der Waals surface area contributed by atoms with Gasteiger partial charge in [0.25, 0.3) is 0 Å². The molecule has 2 nitrogen and oxygen atoms in total. The van der Waals surface area contributed by atoms with Crippen molar-refractivity contribution in [3.63, 3.8) is 0 Å². The average molecular weight is 212 g/mol. The molecule has 1 amide bonds. The van der Waals surface area contributed by atoms with Gasteiger partial charge in [-0.05, 0) is 18.1 Å². The lowest BCUT2D eigenvalue weighted by atomic mass is 10.1. The first kappa shape index (κ1) is 11.1. The first-order chi connectivity index (χ1) is 6.63. The van der Waals surface area contributed by atoms with Gasteiger partial charge in [-0.2, -0.15) is 0 Å². The molecule has 0 bridgehead atoms. The van der Waals surface area contributed by atoms with Crippen LogP contribution in [-0.2, 0) is 10.7 Å². The molecule has 0 heterocycles. The minimum atomic E-state index is -0.0197. The molecule has 0 saturated heterocycles. The number of nitrogens with one attached hydrogen (secondary N) is 1. The maximum Gasteiger partial charge on any atom is 0.217 e. The molecular weight excluding hydrogens is 198 g/mol. The van der Waals surface area contributed by atoms with Crippen LogP contribution in [0.5, 0.6) is 0 Å². The summed E-state index contributed by atoms with van der Waals surface area (Å²) in [5, 5.41) is 2.83. The number of rotatable bonds is 3. The Morgan fingerprint density at radius 3 is 2.86 bits per heavy atom. The van der Waals surface area contributed by atoms with Crippen molar-refractivity contribution in [1.29, 1.82) is 0 Å². The third-order valence-corrected chi connectivity index (χ3v) is 2.33. The van der Waals surface area contributed by atoms with Crippen molar-refractivity contribution in [1.82, 2.24) is 5.32 Å². The van der Waals surface area contributed by atoms with Crippen LogP contribution in [0.15, 0.2) is 24.3 Å². The van der Waals surface area contributed by atoms with Gasteiger partial charge in [0.1, 0.15) is 0 Å². The predicted octanol–water partition coefficient (Wildman–Crippen LogP) is 2.62. The normalized spacial score (nSPS) is 12.2. The van der Waals surface area contributed by atoms with Gasteiger partial charge in [0.2, 0.25) is 5.91 Å². The van der Waals surface area contributed by atoms with Crippen molar-refractivity contribution in [2.75, 3.05) is 0 Å². The van der Waals surface area contributed by atoms with Crippen molar-refractivity contribution >= 4 is 17.5 Å². The van der Waals surface area contributed by atoms with Crippen molar-refractivity contribution in [2.45, 2.75) is 25.8 Å². The minimum absolute atomic E-state index is 0.0197. The lowest BCUT2D eigenvalue weighted by molar-refractivity contribution is -0.119. The van der Waals surface area contributed by atoms with Gasteiger partial charge in [-0.25, -0.2) is 0 Å². The van der Waals surface area contributed by atoms with Crippen molar-refractivity contribution in [3.05, 3.63) is 35.4 Å². The van der Waals surface area contributed by atoms with Crippen LogP contribution in [0, 0.1) is 0 Å². The summed E-state index contributed by atoms with van der Waals surface area (Å²) in [5.74, 6) is 0.481. The Kier molecular flexibility index (Phi) is 3.96. The molecule has 0 aromatic heterocycles. The monoisotopic (exact) mass is 211 g/mol. The number of amides is 1. The number of hydrogen-bond acceptors (Lipinski definition) is 1. The Morgan fingerprint density at radius 2 is 2.29 bits per heavy atom. The summed E-state index contributed by atoms with van der Waals surface area (Å²) in [5.41, 5.74) is 2.15. The third kappa shape index (κ3) is 3.04. The van der Waals surface area contributed by atoms with Crippen LogP contribution in [0.3, 0.4) is 0 Å². The summed E-state index contributed by atoms with van der Waals surface area (Å²) in [7, 11) is 0. The van der Waals surface area contributed by atoms with Gasteiger partial charge in [-0.15, -0.1) is 11.6 Å². The Morgan fingerprint density at radius 1 is 1.57 bits per heavy atom. The molecule has 0 unspecified atom stereocenters. The molecule has 1 atom stereocenters. The zero-order valence-corrected chi connectivity index (χ0v) is 9.14. The first-order valence-electron chi connectivity index (χ1n) is 4.55. The molecule has 0 fully saturated rings. The topological polar surface area (TPSA) is 29.1 Å². The van der Waals surface area contributed by atoms with Gasteiger partial charge in [-0.3, -0.25) is 4.79 Å². The zero-order chi connectivity index (χ0) is 10.6. The highest BCUT2D eigenvalue weighted by atomic mass is 35.5. The van der Waals surface area contributed by atoms with Crippen LogP contribution in [-0.4, -0.2) is 5.91 Å². The van der Waals surface area contributed by atoms with Crippen LogP contribution in [0.4, 0.5) is 0 Å². The molecule has 1 N–H and O–H groups in total. The Labute approximate surface area is 89.3 Å². The molecule has 1 aromatic rings. The largest absolute Gasteiger partial charge is 0.350 e. The molecule has 0 aliphatic heterocycles. The molecule has 0 radical (unpaired) electrons. The van der Waals surface area contributed by atoms with Crippen molar-refractivity contribution in [2.24, 2.45) is 0 Å². The van der Waals surface area contributed by atoms with Gasteiger partial charge in [-0.1, -0.05) is 24.3 Å². The number of hydrogen-bond donors (Lipinski definition) is 1. The molecule has 1 aromatic carbocycles. The number of carbonyl (C=O) groups excluding carboxylic acids is 1. The number of halogens is 1. The molecule has 76 valence electrons. The van der Waals surface area contributed by atoms with Crippen LogP contribution < -0.4 is 5.32 Å². The lowest BCUT2D eigenvalue weighted by Crippen LogP contribution is -2.23. The zero-order valence-electron chi connectivity index (χ0n) is 8.38. The van der Waals surface area contributed by atoms with E-state index in [0.29, 0.717) is 5.88 Å². The molecule has 3 heteroatoms.